The van der Waals surface area contributed by atoms with Gasteiger partial charge >= 0.3 is 11.9 Å². The molecule has 0 saturated carbocycles. The lowest BCUT2D eigenvalue weighted by atomic mass is 9.88. The molecule has 0 unspecified atom stereocenters. The minimum Gasteiger partial charge on any atom is -0.462 e. The molecule has 204 valence electrons. The first-order valence-electron chi connectivity index (χ1n) is 12.1. The van der Waals surface area contributed by atoms with Crippen molar-refractivity contribution in [3.63, 3.8) is 0 Å². The molecule has 0 spiro atoms. The highest BCUT2D eigenvalue weighted by Gasteiger charge is 2.46. The molecule has 4 rings (SSSR count). The van der Waals surface area contributed by atoms with Crippen LogP contribution in [-0.2, 0) is 25.6 Å². The highest BCUT2D eigenvalue weighted by Crippen LogP contribution is 2.29. The van der Waals surface area contributed by atoms with E-state index in [4.69, 9.17) is 18.9 Å². The van der Waals surface area contributed by atoms with Crippen molar-refractivity contribution in [1.82, 2.24) is 0 Å². The predicted octanol–water partition coefficient (Wildman–Crippen LogP) is 0.215. The molecule has 2 aromatic rings. The number of carbonyl (C=O) groups is 2. The Labute approximate surface area is 218 Å². The van der Waals surface area contributed by atoms with Crippen LogP contribution in [0.4, 0.5) is 0 Å². The smallest absolute Gasteiger partial charge is 0.345 e. The van der Waals surface area contributed by atoms with E-state index >= 15 is 0 Å². The number of allylic oxidation sites excluding steroid dienone is 1. The second-order valence-electron chi connectivity index (χ2n) is 9.10. The van der Waals surface area contributed by atoms with Gasteiger partial charge in [0.2, 0.25) is 11.9 Å². The molecule has 1 aliphatic heterocycles. The van der Waals surface area contributed by atoms with Gasteiger partial charge in [-0.2, -0.15) is 0 Å². The van der Waals surface area contributed by atoms with E-state index in [1.54, 1.807) is 54.6 Å². The summed E-state index contributed by atoms with van der Waals surface area (Å²) in [6, 6.07) is 14.5. The van der Waals surface area contributed by atoms with Crippen LogP contribution in [-0.4, -0.2) is 86.5 Å². The molecule has 1 aliphatic carbocycles. The Hall–Kier alpha value is -3.32. The summed E-state index contributed by atoms with van der Waals surface area (Å²) in [6.45, 7) is -0.768. The van der Waals surface area contributed by atoms with Gasteiger partial charge < -0.3 is 44.5 Å². The maximum absolute atomic E-state index is 12.5. The molecule has 0 amide bonds. The Bertz CT molecular complexity index is 1140. The summed E-state index contributed by atoms with van der Waals surface area (Å²) in [5.74, 6) is -1.57. The molecule has 0 aromatic heterocycles. The Morgan fingerprint density at radius 3 is 2.37 bits per heavy atom. The summed E-state index contributed by atoms with van der Waals surface area (Å²) < 4.78 is 21.8. The topological polar surface area (TPSA) is 172 Å². The number of rotatable bonds is 8. The molecule has 7 atom stereocenters. The zero-order valence-corrected chi connectivity index (χ0v) is 20.3. The average Bonchev–Trinajstić information content (AvgIpc) is 2.93. The number of aliphatic hydroxyl groups excluding tert-OH is 4. The van der Waals surface area contributed by atoms with Gasteiger partial charge in [0.1, 0.15) is 43.4 Å². The molecule has 11 nitrogen and oxygen atoms in total. The third-order valence-corrected chi connectivity index (χ3v) is 6.44. The molecule has 0 radical (unpaired) electrons. The third-order valence-electron chi connectivity index (χ3n) is 6.44. The van der Waals surface area contributed by atoms with Gasteiger partial charge in [-0.1, -0.05) is 42.5 Å². The fourth-order valence-electron chi connectivity index (χ4n) is 4.14. The third kappa shape index (κ3) is 6.04. The zero-order chi connectivity index (χ0) is 27.3. The van der Waals surface area contributed by atoms with Crippen LogP contribution < -0.4 is 4.74 Å². The molecule has 1 heterocycles. The van der Waals surface area contributed by atoms with Gasteiger partial charge in [-0.15, -0.1) is 0 Å². The molecule has 1 saturated heterocycles. The summed E-state index contributed by atoms with van der Waals surface area (Å²) in [7, 11) is 0. The van der Waals surface area contributed by atoms with Crippen LogP contribution in [0.1, 0.15) is 28.8 Å². The highest BCUT2D eigenvalue weighted by molar-refractivity contribution is 5.89. The first-order valence-corrected chi connectivity index (χ1v) is 12.1. The number of aliphatic hydroxyl groups is 5. The molecule has 5 N–H and O–H groups in total. The SMILES string of the molecule is O=C(OC[C@H]1O[C@@H](Oc2ccccc2COC(=O)[C@@]2(O)C=CCC[C@@H]2O)[C@H](O)[C@@H](O)[C@@H]1O)c1ccccc1. The minimum atomic E-state index is -2.17. The summed E-state index contributed by atoms with van der Waals surface area (Å²) >= 11 is 0. The van der Waals surface area contributed by atoms with Crippen LogP contribution >= 0.6 is 0 Å². The van der Waals surface area contributed by atoms with E-state index in [9.17, 15) is 35.1 Å². The number of esters is 2. The summed E-state index contributed by atoms with van der Waals surface area (Å²) in [6.07, 6.45) is -5.40. The molecule has 2 aliphatic rings. The molecular formula is C27H30O11. The van der Waals surface area contributed by atoms with Gasteiger partial charge in [0.25, 0.3) is 0 Å². The molecule has 2 aromatic carbocycles. The largest absolute Gasteiger partial charge is 0.462 e. The van der Waals surface area contributed by atoms with E-state index in [2.05, 4.69) is 0 Å². The number of hydrogen-bond acceptors (Lipinski definition) is 11. The second-order valence-corrected chi connectivity index (χ2v) is 9.10. The second kappa shape index (κ2) is 12.0. The van der Waals surface area contributed by atoms with Crippen LogP contribution in [0.15, 0.2) is 66.7 Å². The van der Waals surface area contributed by atoms with Crippen LogP contribution in [0.5, 0.6) is 5.75 Å². The van der Waals surface area contributed by atoms with E-state index in [1.165, 1.54) is 12.1 Å². The van der Waals surface area contributed by atoms with Gasteiger partial charge in [0.15, 0.2) is 0 Å². The Morgan fingerprint density at radius 2 is 1.63 bits per heavy atom. The first kappa shape index (κ1) is 27.7. The van der Waals surface area contributed by atoms with Crippen molar-refractivity contribution in [2.75, 3.05) is 6.61 Å². The lowest BCUT2D eigenvalue weighted by molar-refractivity contribution is -0.277. The number of benzene rings is 2. The van der Waals surface area contributed by atoms with E-state index in [0.29, 0.717) is 12.0 Å². The van der Waals surface area contributed by atoms with Crippen molar-refractivity contribution < 1.29 is 54.1 Å². The van der Waals surface area contributed by atoms with Gasteiger partial charge in [-0.25, -0.2) is 9.59 Å². The maximum atomic E-state index is 12.5. The van der Waals surface area contributed by atoms with Crippen molar-refractivity contribution >= 4 is 11.9 Å². The standard InChI is InChI=1S/C27H30O11/c28-20-12-6-7-13-27(20,34)26(33)36-14-17-10-4-5-11-18(17)37-25-23(31)22(30)21(29)19(38-25)15-35-24(32)16-8-2-1-3-9-16/h1-5,7-11,13,19-23,25,28-31,34H,6,12,14-15H2/t19-,20+,21-,22+,23-,25-,27-/m1/s1. The van der Waals surface area contributed by atoms with Crippen molar-refractivity contribution in [3.8, 4) is 5.75 Å². The number of carbonyl (C=O) groups excluding carboxylic acids is 2. The molecule has 11 heteroatoms. The quantitative estimate of drug-likeness (QED) is 0.233. The highest BCUT2D eigenvalue weighted by atomic mass is 16.7. The minimum absolute atomic E-state index is 0.125. The normalized spacial score (nSPS) is 30.9. The van der Waals surface area contributed by atoms with Gasteiger partial charge in [0, 0.05) is 5.56 Å². The molecular weight excluding hydrogens is 500 g/mol. The van der Waals surface area contributed by atoms with Crippen LogP contribution in [0.3, 0.4) is 0 Å². The number of para-hydroxylation sites is 1. The Balaban J connectivity index is 1.41. The van der Waals surface area contributed by atoms with Gasteiger partial charge in [0.05, 0.1) is 11.7 Å². The van der Waals surface area contributed by atoms with Gasteiger partial charge in [-0.05, 0) is 37.1 Å². The summed E-state index contributed by atoms with van der Waals surface area (Å²) in [4.78, 5) is 24.8. The fourth-order valence-corrected chi connectivity index (χ4v) is 4.14. The van der Waals surface area contributed by atoms with Crippen molar-refractivity contribution in [3.05, 3.63) is 77.9 Å². The first-order chi connectivity index (χ1) is 18.2. The maximum Gasteiger partial charge on any atom is 0.345 e. The van der Waals surface area contributed by atoms with E-state index < -0.39 is 61.0 Å². The monoisotopic (exact) mass is 530 g/mol. The van der Waals surface area contributed by atoms with Gasteiger partial charge in [-0.3, -0.25) is 0 Å². The van der Waals surface area contributed by atoms with Crippen molar-refractivity contribution in [2.24, 2.45) is 0 Å². The molecule has 0 bridgehead atoms. The van der Waals surface area contributed by atoms with Crippen LogP contribution in [0, 0.1) is 0 Å². The Morgan fingerprint density at radius 1 is 0.921 bits per heavy atom. The summed E-state index contributed by atoms with van der Waals surface area (Å²) in [5, 5.41) is 51.8. The van der Waals surface area contributed by atoms with E-state index in [1.807, 2.05) is 0 Å². The number of ether oxygens (including phenoxy) is 4. The average molecular weight is 531 g/mol. The van der Waals surface area contributed by atoms with E-state index in [0.717, 1.165) is 0 Å². The predicted molar refractivity (Wildman–Crippen MR) is 130 cm³/mol. The number of hydrogen-bond donors (Lipinski definition) is 5. The summed E-state index contributed by atoms with van der Waals surface area (Å²) in [5.41, 5.74) is -1.54. The lowest BCUT2D eigenvalue weighted by Crippen LogP contribution is -2.60. The Kier molecular flexibility index (Phi) is 8.77. The fraction of sp³-hybridized carbons (Fsp3) is 0.407. The molecule has 38 heavy (non-hydrogen) atoms. The van der Waals surface area contributed by atoms with Crippen LogP contribution in [0.25, 0.3) is 0 Å². The van der Waals surface area contributed by atoms with Crippen LogP contribution in [0.2, 0.25) is 0 Å². The van der Waals surface area contributed by atoms with Crippen molar-refractivity contribution in [1.29, 1.82) is 0 Å². The van der Waals surface area contributed by atoms with Crippen molar-refractivity contribution in [2.45, 2.75) is 61.9 Å². The molecule has 1 fully saturated rings. The zero-order valence-electron chi connectivity index (χ0n) is 20.3. The lowest BCUT2D eigenvalue weighted by Gasteiger charge is -2.40. The van der Waals surface area contributed by atoms with E-state index in [-0.39, 0.29) is 24.3 Å².